The fraction of sp³-hybridized carbons (Fsp3) is 0.441. The molecule has 1 aliphatic heterocycles. The van der Waals surface area contributed by atoms with E-state index in [1.165, 1.54) is 22.3 Å². The van der Waals surface area contributed by atoms with Crippen molar-refractivity contribution in [1.29, 1.82) is 0 Å². The van der Waals surface area contributed by atoms with Crippen molar-refractivity contribution in [3.05, 3.63) is 106 Å². The molecule has 3 aromatic carbocycles. The van der Waals surface area contributed by atoms with Crippen LogP contribution in [0.25, 0.3) is 0 Å². The normalized spacial score (nSPS) is 15.9. The topological polar surface area (TPSA) is 70.0 Å². The van der Waals surface area contributed by atoms with E-state index in [4.69, 9.17) is 4.74 Å². The van der Waals surface area contributed by atoms with Crippen LogP contribution in [0.1, 0.15) is 85.1 Å². The van der Waals surface area contributed by atoms with E-state index in [0.717, 1.165) is 50.0 Å². The highest BCUT2D eigenvalue weighted by Gasteiger charge is 2.29. The number of likely N-dealkylation sites (tertiary alicyclic amines) is 1. The van der Waals surface area contributed by atoms with Crippen LogP contribution < -0.4 is 0 Å². The van der Waals surface area contributed by atoms with Gasteiger partial charge in [-0.1, -0.05) is 83.9 Å². The number of ether oxygens (including phenoxy) is 1. The zero-order chi connectivity index (χ0) is 28.0. The second-order valence-corrected chi connectivity index (χ2v) is 11.6. The summed E-state index contributed by atoms with van der Waals surface area (Å²) in [4.78, 5) is 14.0. The van der Waals surface area contributed by atoms with E-state index in [2.05, 4.69) is 67.3 Å². The number of hydrogen-bond donors (Lipinski definition) is 2. The fourth-order valence-corrected chi connectivity index (χ4v) is 5.21. The van der Waals surface area contributed by atoms with E-state index in [1.54, 1.807) is 13.8 Å². The van der Waals surface area contributed by atoms with Gasteiger partial charge >= 0.3 is 5.97 Å². The van der Waals surface area contributed by atoms with Gasteiger partial charge in [0.15, 0.2) is 0 Å². The molecule has 39 heavy (non-hydrogen) atoms. The molecular formula is C34H43NO4. The molecule has 5 heteroatoms. The summed E-state index contributed by atoms with van der Waals surface area (Å²) < 4.78 is 6.74. The second-order valence-electron chi connectivity index (χ2n) is 11.6. The Morgan fingerprint density at radius 3 is 1.85 bits per heavy atom. The zero-order valence-electron chi connectivity index (χ0n) is 23.8. The highest BCUT2D eigenvalue weighted by Crippen LogP contribution is 2.31. The minimum absolute atomic E-state index is 0.0645. The van der Waals surface area contributed by atoms with Crippen LogP contribution in [-0.4, -0.2) is 46.8 Å². The lowest BCUT2D eigenvalue weighted by Gasteiger charge is -2.34. The van der Waals surface area contributed by atoms with Crippen LogP contribution in [0.2, 0.25) is 0 Å². The van der Waals surface area contributed by atoms with Gasteiger partial charge in [0.05, 0.1) is 17.6 Å². The van der Waals surface area contributed by atoms with Gasteiger partial charge in [-0.2, -0.15) is 0 Å². The third kappa shape index (κ3) is 7.57. The van der Waals surface area contributed by atoms with Gasteiger partial charge in [-0.3, -0.25) is 4.79 Å². The molecule has 4 rings (SSSR count). The number of carboxylic acids is 1. The molecule has 0 aromatic heterocycles. The number of aliphatic hydroxyl groups is 1. The molecule has 1 aliphatic rings. The van der Waals surface area contributed by atoms with E-state index < -0.39 is 17.5 Å². The lowest BCUT2D eigenvalue weighted by Crippen LogP contribution is -2.38. The van der Waals surface area contributed by atoms with E-state index in [1.807, 2.05) is 24.3 Å². The van der Waals surface area contributed by atoms with Gasteiger partial charge in [-0.15, -0.1) is 0 Å². The zero-order valence-corrected chi connectivity index (χ0v) is 23.8. The molecule has 1 atom stereocenters. The molecular weight excluding hydrogens is 486 g/mol. The molecule has 2 N–H and O–H groups in total. The molecule has 5 nitrogen and oxygen atoms in total. The van der Waals surface area contributed by atoms with Crippen LogP contribution in [0.4, 0.5) is 0 Å². The second kappa shape index (κ2) is 12.9. The number of aliphatic hydroxyl groups excluding tert-OH is 1. The first-order chi connectivity index (χ1) is 18.6. The minimum Gasteiger partial charge on any atom is -0.481 e. The first-order valence-corrected chi connectivity index (χ1v) is 14.2. The van der Waals surface area contributed by atoms with Gasteiger partial charge in [0, 0.05) is 13.1 Å². The Bertz CT molecular complexity index is 1150. The van der Waals surface area contributed by atoms with Crippen LogP contribution in [0.15, 0.2) is 72.8 Å². The third-order valence-electron chi connectivity index (χ3n) is 8.13. The van der Waals surface area contributed by atoms with Crippen LogP contribution in [0.3, 0.4) is 0 Å². The number of hydrogen-bond acceptors (Lipinski definition) is 4. The predicted molar refractivity (Wildman–Crippen MR) is 156 cm³/mol. The van der Waals surface area contributed by atoms with E-state index in [9.17, 15) is 15.0 Å². The summed E-state index contributed by atoms with van der Waals surface area (Å²) >= 11 is 0. The molecule has 1 heterocycles. The Morgan fingerprint density at radius 2 is 1.36 bits per heavy atom. The summed E-state index contributed by atoms with van der Waals surface area (Å²) in [6.07, 6.45) is 3.19. The Balaban J connectivity index is 1.26. The van der Waals surface area contributed by atoms with Crippen molar-refractivity contribution in [1.82, 2.24) is 4.90 Å². The summed E-state index contributed by atoms with van der Waals surface area (Å²) in [7, 11) is 0. The molecule has 1 fully saturated rings. The summed E-state index contributed by atoms with van der Waals surface area (Å²) in [6, 6.07) is 24.7. The summed E-state index contributed by atoms with van der Waals surface area (Å²) in [5.74, 6) is -0.856. The maximum absolute atomic E-state index is 11.5. The van der Waals surface area contributed by atoms with Crippen LogP contribution in [-0.2, 0) is 14.9 Å². The SMILES string of the molecule is Cc1ccc(C(OC2CCN(CCCC(O)c3ccc(C(C)(C)C(=O)O)cc3)CC2)c2ccc(C)cc2)cc1. The van der Waals surface area contributed by atoms with Gasteiger partial charge in [0.2, 0.25) is 0 Å². The predicted octanol–water partition coefficient (Wildman–Crippen LogP) is 6.75. The van der Waals surface area contributed by atoms with Crippen molar-refractivity contribution in [2.24, 2.45) is 0 Å². The monoisotopic (exact) mass is 529 g/mol. The van der Waals surface area contributed by atoms with Gasteiger partial charge in [0.1, 0.15) is 6.10 Å². The highest BCUT2D eigenvalue weighted by atomic mass is 16.5. The Kier molecular flexibility index (Phi) is 9.60. The maximum atomic E-state index is 11.5. The smallest absolute Gasteiger partial charge is 0.313 e. The maximum Gasteiger partial charge on any atom is 0.313 e. The van der Waals surface area contributed by atoms with Crippen LogP contribution in [0, 0.1) is 13.8 Å². The number of benzene rings is 3. The molecule has 1 unspecified atom stereocenters. The summed E-state index contributed by atoms with van der Waals surface area (Å²) in [5, 5.41) is 20.1. The van der Waals surface area contributed by atoms with Crippen molar-refractivity contribution >= 4 is 5.97 Å². The van der Waals surface area contributed by atoms with E-state index in [0.29, 0.717) is 6.42 Å². The molecule has 208 valence electrons. The van der Waals surface area contributed by atoms with E-state index >= 15 is 0 Å². The number of aliphatic carboxylic acids is 1. The van der Waals surface area contributed by atoms with Crippen molar-refractivity contribution in [2.45, 2.75) is 77.1 Å². The number of carboxylic acid groups (broad SMARTS) is 1. The average Bonchev–Trinajstić information content (AvgIpc) is 2.93. The van der Waals surface area contributed by atoms with Gasteiger partial charge in [-0.05, 0) is 82.2 Å². The van der Waals surface area contributed by atoms with Crippen molar-refractivity contribution in [3.63, 3.8) is 0 Å². The molecule has 3 aromatic rings. The Hall–Kier alpha value is -2.99. The third-order valence-corrected chi connectivity index (χ3v) is 8.13. The van der Waals surface area contributed by atoms with Crippen LogP contribution >= 0.6 is 0 Å². The molecule has 0 bridgehead atoms. The molecule has 0 amide bonds. The molecule has 0 aliphatic carbocycles. The largest absolute Gasteiger partial charge is 0.481 e. The standard InChI is InChI=1S/C34H43NO4/c1-24-7-11-27(12-8-24)32(28-13-9-25(2)10-14-28)39-30-19-22-35(23-20-30)21-5-6-31(36)26-15-17-29(18-16-26)34(3,4)33(37)38/h7-18,30-32,36H,5-6,19-23H2,1-4H3,(H,37,38). The number of piperidine rings is 1. The lowest BCUT2D eigenvalue weighted by molar-refractivity contribution is -0.142. The van der Waals surface area contributed by atoms with Gasteiger partial charge in [0.25, 0.3) is 0 Å². The molecule has 0 radical (unpaired) electrons. The van der Waals surface area contributed by atoms with Crippen molar-refractivity contribution < 1.29 is 19.7 Å². The lowest BCUT2D eigenvalue weighted by atomic mass is 9.84. The first-order valence-electron chi connectivity index (χ1n) is 14.2. The number of aryl methyl sites for hydroxylation is 2. The first kappa shape index (κ1) is 29.0. The van der Waals surface area contributed by atoms with Crippen molar-refractivity contribution in [2.75, 3.05) is 19.6 Å². The fourth-order valence-electron chi connectivity index (χ4n) is 5.21. The van der Waals surface area contributed by atoms with E-state index in [-0.39, 0.29) is 12.2 Å². The Morgan fingerprint density at radius 1 is 0.872 bits per heavy atom. The average molecular weight is 530 g/mol. The summed E-state index contributed by atoms with van der Waals surface area (Å²) in [6.45, 7) is 10.5. The number of rotatable bonds is 11. The quantitative estimate of drug-likeness (QED) is 0.288. The molecule has 0 spiro atoms. The van der Waals surface area contributed by atoms with Crippen molar-refractivity contribution in [3.8, 4) is 0 Å². The number of nitrogens with zero attached hydrogens (tertiary/aromatic N) is 1. The Labute approximate surface area is 233 Å². The highest BCUT2D eigenvalue weighted by molar-refractivity contribution is 5.80. The molecule has 1 saturated heterocycles. The number of carbonyl (C=O) groups is 1. The van der Waals surface area contributed by atoms with Crippen LogP contribution in [0.5, 0.6) is 0 Å². The minimum atomic E-state index is -0.945. The van der Waals surface area contributed by atoms with Gasteiger partial charge in [-0.25, -0.2) is 0 Å². The summed E-state index contributed by atoms with van der Waals surface area (Å²) in [5.41, 5.74) is 5.52. The molecule has 0 saturated carbocycles. The van der Waals surface area contributed by atoms with Gasteiger partial charge < -0.3 is 19.8 Å².